The number of carbonyl (C=O) groups excluding carboxylic acids is 2. The van der Waals surface area contributed by atoms with Gasteiger partial charge in [-0.1, -0.05) is 67.9 Å². The van der Waals surface area contributed by atoms with E-state index in [4.69, 9.17) is 11.6 Å². The largest absolute Gasteiger partial charge is 0.294 e. The Kier molecular flexibility index (Phi) is 5.29. The van der Waals surface area contributed by atoms with Crippen LogP contribution in [0.15, 0.2) is 71.9 Å². The summed E-state index contributed by atoms with van der Waals surface area (Å²) in [5, 5.41) is 13.6. The van der Waals surface area contributed by atoms with Crippen molar-refractivity contribution in [3.63, 3.8) is 0 Å². The summed E-state index contributed by atoms with van der Waals surface area (Å²) in [5.41, 5.74) is 1.96. The number of carbonyl (C=O) groups is 2. The van der Waals surface area contributed by atoms with Crippen LogP contribution in [0.1, 0.15) is 44.6 Å². The van der Waals surface area contributed by atoms with E-state index in [1.807, 2.05) is 56.3 Å². The molecule has 1 atom stereocenters. The number of halogens is 1. The molecule has 1 heterocycles. The van der Waals surface area contributed by atoms with Gasteiger partial charge >= 0.3 is 0 Å². The first kappa shape index (κ1) is 22.3. The van der Waals surface area contributed by atoms with Gasteiger partial charge in [-0.25, -0.2) is 0 Å². The Bertz CT molecular complexity index is 1400. The van der Waals surface area contributed by atoms with Gasteiger partial charge in [0.1, 0.15) is 5.02 Å². The number of nitrogens with zero attached hydrogens (tertiary/aromatic N) is 2. The molecule has 1 unspecified atom stereocenters. The molecule has 0 radical (unpaired) electrons. The molecule has 3 aromatic carbocycles. The van der Waals surface area contributed by atoms with Gasteiger partial charge in [0.05, 0.1) is 10.6 Å². The van der Waals surface area contributed by atoms with Crippen LogP contribution in [0.2, 0.25) is 5.02 Å². The van der Waals surface area contributed by atoms with Crippen molar-refractivity contribution in [2.45, 2.75) is 39.0 Å². The summed E-state index contributed by atoms with van der Waals surface area (Å²) >= 11 is 6.02. The van der Waals surface area contributed by atoms with E-state index in [1.54, 1.807) is 6.07 Å². The van der Waals surface area contributed by atoms with E-state index in [0.29, 0.717) is 29.8 Å². The van der Waals surface area contributed by atoms with E-state index in [1.165, 1.54) is 17.0 Å². The number of hydrogen-bond acceptors (Lipinski definition) is 4. The van der Waals surface area contributed by atoms with Crippen molar-refractivity contribution in [1.29, 1.82) is 0 Å². The van der Waals surface area contributed by atoms with Crippen molar-refractivity contribution < 1.29 is 14.5 Å². The molecule has 0 spiro atoms. The van der Waals surface area contributed by atoms with Crippen molar-refractivity contribution in [1.82, 2.24) is 0 Å². The summed E-state index contributed by atoms with van der Waals surface area (Å²) in [6, 6.07) is 18.2. The minimum atomic E-state index is -0.565. The van der Waals surface area contributed by atoms with Crippen LogP contribution in [0.5, 0.6) is 0 Å². The summed E-state index contributed by atoms with van der Waals surface area (Å²) in [7, 11) is 0. The van der Waals surface area contributed by atoms with Gasteiger partial charge < -0.3 is 0 Å². The number of allylic oxidation sites excluding steroid dienone is 2. The highest BCUT2D eigenvalue weighted by atomic mass is 35.5. The Morgan fingerprint density at radius 1 is 1.03 bits per heavy atom. The molecular formula is C27H23ClN2O4. The fraction of sp³-hybridized carbons (Fsp3) is 0.259. The van der Waals surface area contributed by atoms with E-state index in [2.05, 4.69) is 0 Å². The molecule has 0 N–H and O–H groups in total. The normalized spacial score (nSPS) is 20.0. The average Bonchev–Trinajstić information content (AvgIpc) is 2.77. The van der Waals surface area contributed by atoms with Crippen LogP contribution < -0.4 is 4.90 Å². The lowest BCUT2D eigenvalue weighted by molar-refractivity contribution is -0.384. The topological polar surface area (TPSA) is 80.5 Å². The van der Waals surface area contributed by atoms with Gasteiger partial charge in [-0.2, -0.15) is 0 Å². The Hall–Kier alpha value is -3.51. The van der Waals surface area contributed by atoms with Gasteiger partial charge in [-0.15, -0.1) is 0 Å². The first-order valence-corrected chi connectivity index (χ1v) is 11.5. The standard InChI is InChI=1S/C27H23ClN2O4/c1-27(2)14-23-26(24(31)15-27)20(19-9-5-7-16-6-3-4-8-18(16)19)13-25(32)29(23)17-10-11-21(28)22(12-17)30(33)34/h3-12,20H,13-15H2,1-2H3. The number of Topliss-reactive ketones (excluding diaryl/α,β-unsaturated/α-hetero) is 1. The lowest BCUT2D eigenvalue weighted by atomic mass is 9.69. The highest BCUT2D eigenvalue weighted by Gasteiger charge is 2.44. The van der Waals surface area contributed by atoms with Gasteiger partial charge in [0.2, 0.25) is 5.91 Å². The predicted octanol–water partition coefficient (Wildman–Crippen LogP) is 6.57. The SMILES string of the molecule is CC1(C)CC(=O)C2=C(C1)N(c1ccc(Cl)c([N+](=O)[O-])c1)C(=O)CC2c1cccc2ccccc12. The second-order valence-corrected chi connectivity index (χ2v) is 10.2. The minimum Gasteiger partial charge on any atom is -0.294 e. The summed E-state index contributed by atoms with van der Waals surface area (Å²) in [6.45, 7) is 4.01. The smallest absolute Gasteiger partial charge is 0.289 e. The monoisotopic (exact) mass is 474 g/mol. The van der Waals surface area contributed by atoms with Crippen LogP contribution in [0.25, 0.3) is 10.8 Å². The molecule has 1 amide bonds. The predicted molar refractivity (Wildman–Crippen MR) is 132 cm³/mol. The number of hydrogen-bond donors (Lipinski definition) is 0. The molecule has 5 rings (SSSR count). The first-order chi connectivity index (χ1) is 16.2. The molecule has 7 heteroatoms. The van der Waals surface area contributed by atoms with Crippen LogP contribution in [-0.4, -0.2) is 16.6 Å². The molecule has 0 aromatic heterocycles. The average molecular weight is 475 g/mol. The van der Waals surface area contributed by atoms with Gasteiger partial charge in [0.15, 0.2) is 5.78 Å². The fourth-order valence-corrected chi connectivity index (χ4v) is 5.50. The van der Waals surface area contributed by atoms with E-state index in [9.17, 15) is 19.7 Å². The Morgan fingerprint density at radius 3 is 2.53 bits per heavy atom. The molecule has 1 aliphatic carbocycles. The maximum Gasteiger partial charge on any atom is 0.289 e. The lowest BCUT2D eigenvalue weighted by Crippen LogP contribution is -2.43. The number of anilines is 1. The number of benzene rings is 3. The zero-order chi connectivity index (χ0) is 24.2. The van der Waals surface area contributed by atoms with Crippen molar-refractivity contribution in [2.75, 3.05) is 4.90 Å². The highest BCUT2D eigenvalue weighted by Crippen LogP contribution is 2.49. The molecule has 0 saturated heterocycles. The third-order valence-electron chi connectivity index (χ3n) is 6.73. The first-order valence-electron chi connectivity index (χ1n) is 11.2. The van der Waals surface area contributed by atoms with E-state index < -0.39 is 4.92 Å². The zero-order valence-corrected chi connectivity index (χ0v) is 19.6. The van der Waals surface area contributed by atoms with E-state index >= 15 is 0 Å². The van der Waals surface area contributed by atoms with Crippen LogP contribution in [0.3, 0.4) is 0 Å². The number of nitro benzene ring substituents is 1. The van der Waals surface area contributed by atoms with E-state index in [-0.39, 0.29) is 40.2 Å². The van der Waals surface area contributed by atoms with Crippen LogP contribution in [0, 0.1) is 15.5 Å². The molecule has 34 heavy (non-hydrogen) atoms. The third-order valence-corrected chi connectivity index (χ3v) is 7.05. The molecule has 2 aliphatic rings. The van der Waals surface area contributed by atoms with Gasteiger partial charge in [0, 0.05) is 36.1 Å². The maximum atomic E-state index is 13.6. The highest BCUT2D eigenvalue weighted by molar-refractivity contribution is 6.32. The number of fused-ring (bicyclic) bond motifs is 1. The van der Waals surface area contributed by atoms with Crippen LogP contribution >= 0.6 is 11.6 Å². The number of amides is 1. The molecule has 172 valence electrons. The zero-order valence-electron chi connectivity index (χ0n) is 18.9. The second-order valence-electron chi connectivity index (χ2n) is 9.75. The van der Waals surface area contributed by atoms with E-state index in [0.717, 1.165) is 16.3 Å². The van der Waals surface area contributed by atoms with Gasteiger partial charge in [-0.3, -0.25) is 24.6 Å². The van der Waals surface area contributed by atoms with Crippen LogP contribution in [-0.2, 0) is 9.59 Å². The molecule has 0 bridgehead atoms. The molecule has 1 aliphatic heterocycles. The summed E-state index contributed by atoms with van der Waals surface area (Å²) in [6.07, 6.45) is 1.00. The second kappa shape index (κ2) is 8.06. The van der Waals surface area contributed by atoms with Crippen molar-refractivity contribution in [3.8, 4) is 0 Å². The number of ketones is 1. The van der Waals surface area contributed by atoms with Crippen LogP contribution in [0.4, 0.5) is 11.4 Å². The quantitative estimate of drug-likeness (QED) is 0.318. The minimum absolute atomic E-state index is 0.00101. The Balaban J connectivity index is 1.73. The fourth-order valence-electron chi connectivity index (χ4n) is 5.31. The lowest BCUT2D eigenvalue weighted by Gasteiger charge is -2.43. The van der Waals surface area contributed by atoms with Crippen molar-refractivity contribution >= 4 is 45.4 Å². The van der Waals surface area contributed by atoms with Crippen molar-refractivity contribution in [2.24, 2.45) is 5.41 Å². The third kappa shape index (κ3) is 3.68. The van der Waals surface area contributed by atoms with Crippen molar-refractivity contribution in [3.05, 3.63) is 92.6 Å². The number of rotatable bonds is 3. The summed E-state index contributed by atoms with van der Waals surface area (Å²) in [5.74, 6) is -0.542. The molecule has 3 aromatic rings. The van der Waals surface area contributed by atoms with Gasteiger partial charge in [0.25, 0.3) is 5.69 Å². The molecule has 0 fully saturated rings. The Morgan fingerprint density at radius 2 is 1.76 bits per heavy atom. The summed E-state index contributed by atoms with van der Waals surface area (Å²) < 4.78 is 0. The summed E-state index contributed by atoms with van der Waals surface area (Å²) in [4.78, 5) is 39.6. The molecule has 0 saturated carbocycles. The maximum absolute atomic E-state index is 13.6. The van der Waals surface area contributed by atoms with Gasteiger partial charge in [-0.05, 0) is 40.3 Å². The number of nitro groups is 1. The molecule has 6 nitrogen and oxygen atoms in total. The molecular weight excluding hydrogens is 452 g/mol. The Labute approximate surface area is 202 Å².